The number of fused-ring (bicyclic) bond motifs is 1. The van der Waals surface area contributed by atoms with Crippen molar-refractivity contribution in [1.82, 2.24) is 0 Å². The third kappa shape index (κ3) is 3.53. The Morgan fingerprint density at radius 1 is 1.07 bits per heavy atom. The van der Waals surface area contributed by atoms with Crippen LogP contribution in [0, 0.1) is 11.8 Å². The Morgan fingerprint density at radius 2 is 1.79 bits per heavy atom. The van der Waals surface area contributed by atoms with Gasteiger partial charge >= 0.3 is 0 Å². The van der Waals surface area contributed by atoms with Gasteiger partial charge in [-0.25, -0.2) is 0 Å². The van der Waals surface area contributed by atoms with E-state index in [1.807, 2.05) is 13.0 Å². The Morgan fingerprint density at radius 3 is 2.52 bits per heavy atom. The number of imide groups is 1. The number of benzene rings is 2. The molecule has 0 spiro atoms. The molecule has 6 nitrogen and oxygen atoms in total. The molecule has 0 aromatic heterocycles. The molecule has 1 fully saturated rings. The van der Waals surface area contributed by atoms with E-state index < -0.39 is 0 Å². The van der Waals surface area contributed by atoms with Crippen LogP contribution >= 0.6 is 0 Å². The SMILES string of the molecule is COc1cccc(NC(=O)c2ccc(N3C(=O)[C@@H]4CC=C(C)C[C@H]4C3=O)cc2)c1. The number of hydrogen-bond acceptors (Lipinski definition) is 4. The number of rotatable bonds is 4. The van der Waals surface area contributed by atoms with Crippen LogP contribution in [0.25, 0.3) is 0 Å². The molecular formula is C23H22N2O4. The molecular weight excluding hydrogens is 368 g/mol. The molecule has 2 aromatic rings. The minimum Gasteiger partial charge on any atom is -0.497 e. The molecule has 1 aliphatic heterocycles. The first-order chi connectivity index (χ1) is 14.0. The van der Waals surface area contributed by atoms with E-state index in [2.05, 4.69) is 5.32 Å². The van der Waals surface area contributed by atoms with Gasteiger partial charge in [0.25, 0.3) is 5.91 Å². The average molecular weight is 390 g/mol. The molecule has 1 N–H and O–H groups in total. The van der Waals surface area contributed by atoms with Gasteiger partial charge in [-0.3, -0.25) is 19.3 Å². The standard InChI is InChI=1S/C23H22N2O4/c1-14-6-11-19-20(12-14)23(28)25(22(19)27)17-9-7-15(8-10-17)21(26)24-16-4-3-5-18(13-16)29-2/h3-10,13,19-20H,11-12H2,1-2H3,(H,24,26)/t19-,20-/m1/s1. The van der Waals surface area contributed by atoms with Gasteiger partial charge in [-0.2, -0.15) is 0 Å². The number of amides is 3. The molecule has 4 rings (SSSR count). The van der Waals surface area contributed by atoms with Crippen LogP contribution in [0.3, 0.4) is 0 Å². The second-order valence-corrected chi connectivity index (χ2v) is 7.45. The highest BCUT2D eigenvalue weighted by Crippen LogP contribution is 2.39. The summed E-state index contributed by atoms with van der Waals surface area (Å²) in [6, 6.07) is 13.6. The molecule has 148 valence electrons. The van der Waals surface area contributed by atoms with Crippen molar-refractivity contribution in [1.29, 1.82) is 0 Å². The van der Waals surface area contributed by atoms with E-state index in [-0.39, 0.29) is 29.6 Å². The highest BCUT2D eigenvalue weighted by atomic mass is 16.5. The fourth-order valence-electron chi connectivity index (χ4n) is 3.96. The summed E-state index contributed by atoms with van der Waals surface area (Å²) in [5.41, 5.74) is 2.71. The molecule has 1 heterocycles. The van der Waals surface area contributed by atoms with Gasteiger partial charge in [-0.05, 0) is 56.2 Å². The Balaban J connectivity index is 1.50. The summed E-state index contributed by atoms with van der Waals surface area (Å²) in [7, 11) is 1.56. The van der Waals surface area contributed by atoms with E-state index in [4.69, 9.17) is 4.74 Å². The molecule has 1 aliphatic carbocycles. The lowest BCUT2D eigenvalue weighted by atomic mass is 9.82. The topological polar surface area (TPSA) is 75.7 Å². The van der Waals surface area contributed by atoms with Gasteiger partial charge in [0, 0.05) is 17.3 Å². The Hall–Kier alpha value is -3.41. The van der Waals surface area contributed by atoms with Crippen LogP contribution in [0.1, 0.15) is 30.1 Å². The van der Waals surface area contributed by atoms with Crippen LogP contribution in [0.15, 0.2) is 60.2 Å². The van der Waals surface area contributed by atoms with Gasteiger partial charge in [0.2, 0.25) is 11.8 Å². The van der Waals surface area contributed by atoms with Gasteiger partial charge < -0.3 is 10.1 Å². The van der Waals surface area contributed by atoms with E-state index in [1.165, 1.54) is 4.90 Å². The summed E-state index contributed by atoms with van der Waals surface area (Å²) < 4.78 is 5.16. The first kappa shape index (κ1) is 18.9. The van der Waals surface area contributed by atoms with Crippen LogP contribution in [0.5, 0.6) is 5.75 Å². The van der Waals surface area contributed by atoms with Crippen molar-refractivity contribution in [3.8, 4) is 5.75 Å². The third-order valence-electron chi connectivity index (χ3n) is 5.54. The smallest absolute Gasteiger partial charge is 0.255 e. The summed E-state index contributed by atoms with van der Waals surface area (Å²) in [4.78, 5) is 39.3. The van der Waals surface area contributed by atoms with Gasteiger partial charge in [-0.15, -0.1) is 0 Å². The van der Waals surface area contributed by atoms with E-state index >= 15 is 0 Å². The van der Waals surface area contributed by atoms with Crippen LogP contribution in [0.2, 0.25) is 0 Å². The predicted molar refractivity (Wildman–Crippen MR) is 110 cm³/mol. The number of carbonyl (C=O) groups excluding carboxylic acids is 3. The van der Waals surface area contributed by atoms with Gasteiger partial charge in [-0.1, -0.05) is 17.7 Å². The lowest BCUT2D eigenvalue weighted by Gasteiger charge is -2.18. The summed E-state index contributed by atoms with van der Waals surface area (Å²) in [6.45, 7) is 1.99. The Labute approximate surface area is 169 Å². The fraction of sp³-hybridized carbons (Fsp3) is 0.261. The number of ether oxygens (including phenoxy) is 1. The van der Waals surface area contributed by atoms with Crippen LogP contribution in [0.4, 0.5) is 11.4 Å². The molecule has 0 saturated carbocycles. The highest BCUT2D eigenvalue weighted by molar-refractivity contribution is 6.22. The maximum Gasteiger partial charge on any atom is 0.255 e. The van der Waals surface area contributed by atoms with Crippen LogP contribution in [-0.2, 0) is 9.59 Å². The number of nitrogens with one attached hydrogen (secondary N) is 1. The summed E-state index contributed by atoms with van der Waals surface area (Å²) >= 11 is 0. The third-order valence-corrected chi connectivity index (χ3v) is 5.54. The van der Waals surface area contributed by atoms with E-state index in [0.29, 0.717) is 35.5 Å². The van der Waals surface area contributed by atoms with Crippen molar-refractivity contribution >= 4 is 29.1 Å². The summed E-state index contributed by atoms with van der Waals surface area (Å²) in [5.74, 6) is -0.489. The second-order valence-electron chi connectivity index (χ2n) is 7.45. The fourth-order valence-corrected chi connectivity index (χ4v) is 3.96. The molecule has 6 heteroatoms. The van der Waals surface area contributed by atoms with Gasteiger partial charge in [0.05, 0.1) is 24.6 Å². The molecule has 3 amide bonds. The number of carbonyl (C=O) groups is 3. The zero-order chi connectivity index (χ0) is 20.5. The molecule has 2 aliphatic rings. The maximum atomic E-state index is 12.8. The van der Waals surface area contributed by atoms with Crippen molar-refractivity contribution in [3.05, 3.63) is 65.7 Å². The summed E-state index contributed by atoms with van der Waals surface area (Å²) in [5, 5.41) is 2.81. The van der Waals surface area contributed by atoms with E-state index in [1.54, 1.807) is 55.6 Å². The Bertz CT molecular complexity index is 1010. The van der Waals surface area contributed by atoms with Crippen LogP contribution in [-0.4, -0.2) is 24.8 Å². The number of hydrogen-bond donors (Lipinski definition) is 1. The summed E-state index contributed by atoms with van der Waals surface area (Å²) in [6.07, 6.45) is 3.28. The quantitative estimate of drug-likeness (QED) is 0.637. The Kier molecular flexibility index (Phi) is 4.92. The minimum atomic E-state index is -0.280. The van der Waals surface area contributed by atoms with Gasteiger partial charge in [0.1, 0.15) is 5.75 Å². The highest BCUT2D eigenvalue weighted by Gasteiger charge is 2.48. The average Bonchev–Trinajstić information content (AvgIpc) is 2.98. The lowest BCUT2D eigenvalue weighted by molar-refractivity contribution is -0.122. The van der Waals surface area contributed by atoms with Crippen molar-refractivity contribution in [2.24, 2.45) is 11.8 Å². The molecule has 2 atom stereocenters. The van der Waals surface area contributed by atoms with Crippen molar-refractivity contribution in [2.45, 2.75) is 19.8 Å². The monoisotopic (exact) mass is 390 g/mol. The van der Waals surface area contributed by atoms with Gasteiger partial charge in [0.15, 0.2) is 0 Å². The molecule has 29 heavy (non-hydrogen) atoms. The normalized spacial score (nSPS) is 20.9. The van der Waals surface area contributed by atoms with E-state index in [0.717, 1.165) is 5.57 Å². The predicted octanol–water partition coefficient (Wildman–Crippen LogP) is 3.79. The molecule has 0 unspecified atom stereocenters. The largest absolute Gasteiger partial charge is 0.497 e. The lowest BCUT2D eigenvalue weighted by Crippen LogP contribution is -2.30. The second kappa shape index (κ2) is 7.54. The number of allylic oxidation sites excluding steroid dienone is 2. The maximum absolute atomic E-state index is 12.8. The zero-order valence-corrected chi connectivity index (χ0v) is 16.3. The number of methoxy groups -OCH3 is 1. The number of anilines is 2. The van der Waals surface area contributed by atoms with Crippen molar-refractivity contribution < 1.29 is 19.1 Å². The molecule has 2 aromatic carbocycles. The number of nitrogens with zero attached hydrogens (tertiary/aromatic N) is 1. The first-order valence-corrected chi connectivity index (χ1v) is 9.57. The minimum absolute atomic E-state index is 0.152. The van der Waals surface area contributed by atoms with Crippen LogP contribution < -0.4 is 15.0 Å². The van der Waals surface area contributed by atoms with E-state index in [9.17, 15) is 14.4 Å². The first-order valence-electron chi connectivity index (χ1n) is 9.57. The van der Waals surface area contributed by atoms with Crippen molar-refractivity contribution in [3.63, 3.8) is 0 Å². The molecule has 0 radical (unpaired) electrons. The zero-order valence-electron chi connectivity index (χ0n) is 16.3. The molecule has 1 saturated heterocycles. The molecule has 0 bridgehead atoms. The van der Waals surface area contributed by atoms with Crippen molar-refractivity contribution in [2.75, 3.05) is 17.3 Å².